The first-order valence-corrected chi connectivity index (χ1v) is 13.6. The van der Waals surface area contributed by atoms with Crippen molar-refractivity contribution in [3.63, 3.8) is 0 Å². The summed E-state index contributed by atoms with van der Waals surface area (Å²) in [5.74, 6) is -12.1. The molecule has 1 unspecified atom stereocenters. The fourth-order valence-corrected chi connectivity index (χ4v) is 4.72. The van der Waals surface area contributed by atoms with Gasteiger partial charge in [-0.3, -0.25) is 4.79 Å². The highest BCUT2D eigenvalue weighted by Gasteiger charge is 2.46. The van der Waals surface area contributed by atoms with E-state index in [2.05, 4.69) is 14.8 Å². The van der Waals surface area contributed by atoms with Crippen molar-refractivity contribution < 1.29 is 76.9 Å². The van der Waals surface area contributed by atoms with Crippen LogP contribution < -0.4 is 14.8 Å². The fourth-order valence-electron chi connectivity index (χ4n) is 4.72. The van der Waals surface area contributed by atoms with E-state index in [1.165, 1.54) is 30.3 Å². The number of aliphatic carboxylic acids is 1. The van der Waals surface area contributed by atoms with Gasteiger partial charge in [-0.25, -0.2) is 18.0 Å². The van der Waals surface area contributed by atoms with Gasteiger partial charge in [-0.05, 0) is 53.6 Å². The maximum atomic E-state index is 16.0. The molecule has 18 heteroatoms. The van der Waals surface area contributed by atoms with Crippen molar-refractivity contribution in [2.24, 2.45) is 0 Å². The van der Waals surface area contributed by atoms with Gasteiger partial charge in [0.15, 0.2) is 11.6 Å². The van der Waals surface area contributed by atoms with Crippen molar-refractivity contribution >= 4 is 11.9 Å². The van der Waals surface area contributed by atoms with Gasteiger partial charge in [-0.2, -0.15) is 39.5 Å². The standard InChI is InChI=1S/C32H19F12NO5/c33-22-10-6-17(12-21(22)30(38,39)40)26(46)45-29(15-16-4-2-1-3-5-16,18-7-11-23(34)25(13-18)50-32(43,44)28(47)48)20-9-8-19(14-24(20)35)49-31(41,42)27(36)37/h1-14,27H,15H2,(H,45,46)(H,47,48). The number of rotatable bonds is 12. The second-order valence-corrected chi connectivity index (χ2v) is 10.4. The Morgan fingerprint density at radius 3 is 1.94 bits per heavy atom. The van der Waals surface area contributed by atoms with E-state index in [-0.39, 0.29) is 23.8 Å². The van der Waals surface area contributed by atoms with Crippen LogP contribution in [0.5, 0.6) is 11.5 Å². The molecule has 6 nitrogen and oxygen atoms in total. The summed E-state index contributed by atoms with van der Waals surface area (Å²) >= 11 is 0. The van der Waals surface area contributed by atoms with Crippen molar-refractivity contribution in [1.82, 2.24) is 5.32 Å². The maximum absolute atomic E-state index is 16.0. The lowest BCUT2D eigenvalue weighted by Gasteiger charge is -2.37. The van der Waals surface area contributed by atoms with Gasteiger partial charge in [0.25, 0.3) is 5.91 Å². The van der Waals surface area contributed by atoms with Crippen LogP contribution in [0, 0.1) is 17.5 Å². The summed E-state index contributed by atoms with van der Waals surface area (Å²) in [6.07, 6.45) is -20.6. The Morgan fingerprint density at radius 1 is 0.720 bits per heavy atom. The lowest BCUT2D eigenvalue weighted by molar-refractivity contribution is -0.253. The number of carboxylic acid groups (broad SMARTS) is 1. The predicted octanol–water partition coefficient (Wildman–Crippen LogP) is 8.33. The number of nitrogens with one attached hydrogen (secondary N) is 1. The number of hydrogen-bond acceptors (Lipinski definition) is 4. The summed E-state index contributed by atoms with van der Waals surface area (Å²) < 4.78 is 174. The maximum Gasteiger partial charge on any atom is 0.502 e. The Kier molecular flexibility index (Phi) is 10.3. The predicted molar refractivity (Wildman–Crippen MR) is 147 cm³/mol. The smallest absolute Gasteiger partial charge is 0.474 e. The molecule has 4 rings (SSSR count). The van der Waals surface area contributed by atoms with Gasteiger partial charge >= 0.3 is 30.8 Å². The molecule has 4 aromatic carbocycles. The first-order valence-electron chi connectivity index (χ1n) is 13.6. The van der Waals surface area contributed by atoms with Crippen molar-refractivity contribution in [2.45, 2.75) is 36.8 Å². The van der Waals surface area contributed by atoms with Gasteiger partial charge < -0.3 is 19.9 Å². The Bertz CT molecular complexity index is 1890. The van der Waals surface area contributed by atoms with Crippen LogP contribution in [0.25, 0.3) is 0 Å². The summed E-state index contributed by atoms with van der Waals surface area (Å²) in [5, 5.41) is 11.0. The zero-order valence-corrected chi connectivity index (χ0v) is 24.5. The fraction of sp³-hybridized carbons (Fsp3) is 0.188. The first-order chi connectivity index (χ1) is 23.2. The van der Waals surface area contributed by atoms with E-state index in [0.29, 0.717) is 30.3 Å². The lowest BCUT2D eigenvalue weighted by Crippen LogP contribution is -2.49. The molecule has 0 aromatic heterocycles. The van der Waals surface area contributed by atoms with Crippen LogP contribution in [0.3, 0.4) is 0 Å². The summed E-state index contributed by atoms with van der Waals surface area (Å²) in [5.41, 5.74) is -6.68. The van der Waals surface area contributed by atoms with E-state index in [1.807, 2.05) is 0 Å². The SMILES string of the molecule is O=C(NC(Cc1ccccc1)(c1ccc(F)c(OC(F)(F)C(=O)O)c1)c1ccc(OC(F)(F)C(F)F)cc1F)c1ccc(F)c(C(F)(F)F)c1. The molecule has 2 N–H and O–H groups in total. The van der Waals surface area contributed by atoms with Gasteiger partial charge in [0.05, 0.1) is 11.1 Å². The Balaban J connectivity index is 2.01. The van der Waals surface area contributed by atoms with Gasteiger partial charge in [0.2, 0.25) is 0 Å². The summed E-state index contributed by atoms with van der Waals surface area (Å²) in [6.45, 7) is 0. The van der Waals surface area contributed by atoms with Crippen LogP contribution in [0.1, 0.15) is 32.6 Å². The molecular formula is C32H19F12NO5. The largest absolute Gasteiger partial charge is 0.502 e. The van der Waals surface area contributed by atoms with Crippen LogP contribution in [-0.4, -0.2) is 35.6 Å². The Labute approximate surface area is 272 Å². The van der Waals surface area contributed by atoms with E-state index in [1.54, 1.807) is 0 Å². The molecule has 0 aliphatic heterocycles. The number of ether oxygens (including phenoxy) is 2. The monoisotopic (exact) mass is 725 g/mol. The van der Waals surface area contributed by atoms with E-state index < -0.39 is 99.9 Å². The molecule has 1 atom stereocenters. The number of carbonyl (C=O) groups excluding carboxylic acids is 1. The molecule has 4 aromatic rings. The molecule has 1 amide bonds. The van der Waals surface area contributed by atoms with E-state index in [9.17, 15) is 57.9 Å². The number of carboxylic acids is 1. The van der Waals surface area contributed by atoms with Crippen molar-refractivity contribution in [1.29, 1.82) is 0 Å². The summed E-state index contributed by atoms with van der Waals surface area (Å²) in [6, 6.07) is 10.9. The third-order valence-electron chi connectivity index (χ3n) is 6.99. The van der Waals surface area contributed by atoms with Gasteiger partial charge in [0, 0.05) is 23.6 Å². The molecule has 0 aliphatic carbocycles. The Morgan fingerprint density at radius 2 is 1.36 bits per heavy atom. The lowest BCUT2D eigenvalue weighted by atomic mass is 9.77. The highest BCUT2D eigenvalue weighted by atomic mass is 19.4. The van der Waals surface area contributed by atoms with Crippen molar-refractivity contribution in [3.8, 4) is 11.5 Å². The van der Waals surface area contributed by atoms with Crippen LogP contribution in [-0.2, 0) is 22.9 Å². The summed E-state index contributed by atoms with van der Waals surface area (Å²) in [4.78, 5) is 24.7. The minimum Gasteiger partial charge on any atom is -0.474 e. The topological polar surface area (TPSA) is 84.9 Å². The number of halogens is 12. The molecule has 0 spiro atoms. The molecule has 0 aliphatic rings. The first kappa shape index (κ1) is 37.4. The number of alkyl halides is 9. The zero-order chi connectivity index (χ0) is 37.2. The van der Waals surface area contributed by atoms with Gasteiger partial charge in [-0.15, -0.1) is 0 Å². The molecule has 0 bridgehead atoms. The molecule has 0 fully saturated rings. The van der Waals surface area contributed by atoms with E-state index >= 15 is 4.39 Å². The molecule has 0 saturated carbocycles. The average Bonchev–Trinajstić information content (AvgIpc) is 3.01. The molecule has 0 heterocycles. The number of amides is 1. The highest BCUT2D eigenvalue weighted by molar-refractivity contribution is 5.95. The minimum absolute atomic E-state index is 0.0876. The second kappa shape index (κ2) is 13.8. The molecule has 266 valence electrons. The van der Waals surface area contributed by atoms with Crippen LogP contribution in [0.2, 0.25) is 0 Å². The van der Waals surface area contributed by atoms with E-state index in [0.717, 1.165) is 6.07 Å². The highest BCUT2D eigenvalue weighted by Crippen LogP contribution is 2.41. The van der Waals surface area contributed by atoms with Crippen molar-refractivity contribution in [3.05, 3.63) is 130 Å². The second-order valence-electron chi connectivity index (χ2n) is 10.4. The van der Waals surface area contributed by atoms with E-state index in [4.69, 9.17) is 5.11 Å². The van der Waals surface area contributed by atoms with Gasteiger partial charge in [-0.1, -0.05) is 36.4 Å². The number of hydrogen-bond donors (Lipinski definition) is 2. The molecule has 0 radical (unpaired) electrons. The summed E-state index contributed by atoms with van der Waals surface area (Å²) in [7, 11) is 0. The van der Waals surface area contributed by atoms with Crippen LogP contribution in [0.4, 0.5) is 52.7 Å². The average molecular weight is 725 g/mol. The minimum atomic E-state index is -5.32. The van der Waals surface area contributed by atoms with Crippen LogP contribution in [0.15, 0.2) is 84.9 Å². The third kappa shape index (κ3) is 8.06. The van der Waals surface area contributed by atoms with Crippen molar-refractivity contribution in [2.75, 3.05) is 0 Å². The quantitative estimate of drug-likeness (QED) is 0.144. The van der Waals surface area contributed by atoms with Crippen LogP contribution >= 0.6 is 0 Å². The number of benzene rings is 4. The van der Waals surface area contributed by atoms with Gasteiger partial charge in [0.1, 0.15) is 17.4 Å². The number of carbonyl (C=O) groups is 2. The third-order valence-corrected chi connectivity index (χ3v) is 6.99. The molecule has 0 saturated heterocycles. The normalized spacial score (nSPS) is 13.5. The Hall–Kier alpha value is -5.42. The zero-order valence-electron chi connectivity index (χ0n) is 24.5. The molecular weight excluding hydrogens is 706 g/mol. The molecule has 50 heavy (non-hydrogen) atoms.